The average molecular weight is 486 g/mol. The fourth-order valence-corrected chi connectivity index (χ4v) is 5.10. The monoisotopic (exact) mass is 485 g/mol. The predicted molar refractivity (Wildman–Crippen MR) is 143 cm³/mol. The van der Waals surface area contributed by atoms with Gasteiger partial charge in [0.05, 0.1) is 10.9 Å². The maximum absolute atomic E-state index is 13.2. The van der Waals surface area contributed by atoms with Crippen LogP contribution in [0, 0.1) is 6.92 Å². The van der Waals surface area contributed by atoms with Crippen molar-refractivity contribution in [2.75, 3.05) is 25.4 Å². The number of aryl methyl sites for hydroxylation is 1. The van der Waals surface area contributed by atoms with Crippen LogP contribution in [-0.2, 0) is 10.3 Å². The van der Waals surface area contributed by atoms with Gasteiger partial charge in [-0.15, -0.1) is 0 Å². The van der Waals surface area contributed by atoms with Gasteiger partial charge in [-0.3, -0.25) is 9.69 Å². The Bertz CT molecular complexity index is 1310. The van der Waals surface area contributed by atoms with Crippen LogP contribution < -0.4 is 11.1 Å². The first-order chi connectivity index (χ1) is 17.3. The van der Waals surface area contributed by atoms with E-state index in [1.54, 1.807) is 0 Å². The third-order valence-electron chi connectivity index (χ3n) is 7.24. The quantitative estimate of drug-likeness (QED) is 0.548. The normalized spacial score (nSPS) is 18.9. The number of rotatable bonds is 6. The molecular weight excluding hydrogens is 450 g/mol. The van der Waals surface area contributed by atoms with E-state index in [0.29, 0.717) is 24.1 Å². The molecule has 2 aliphatic rings. The van der Waals surface area contributed by atoms with Crippen LogP contribution in [0.2, 0.25) is 0 Å². The minimum Gasteiger partial charge on any atom is -0.383 e. The number of piperidine rings is 1. The van der Waals surface area contributed by atoms with Crippen LogP contribution in [-0.4, -0.2) is 56.2 Å². The second-order valence-electron chi connectivity index (χ2n) is 10.5. The summed E-state index contributed by atoms with van der Waals surface area (Å²) in [6.45, 7) is 8.74. The fourth-order valence-electron chi connectivity index (χ4n) is 5.10. The summed E-state index contributed by atoms with van der Waals surface area (Å²) in [5.74, 6) is 0.327. The zero-order valence-electron chi connectivity index (χ0n) is 21.4. The largest absolute Gasteiger partial charge is 0.383 e. The number of anilines is 1. The number of benzene rings is 1. The molecule has 0 radical (unpaired) electrons. The van der Waals surface area contributed by atoms with E-state index in [1.807, 2.05) is 48.9 Å². The van der Waals surface area contributed by atoms with Gasteiger partial charge in [0, 0.05) is 23.7 Å². The first-order valence-corrected chi connectivity index (χ1v) is 12.8. The summed E-state index contributed by atoms with van der Waals surface area (Å²) >= 11 is 0. The number of fused-ring (bicyclic) bond motifs is 1. The van der Waals surface area contributed by atoms with E-state index in [0.717, 1.165) is 41.7 Å². The summed E-state index contributed by atoms with van der Waals surface area (Å²) in [5.41, 5.74) is 9.97. The van der Waals surface area contributed by atoms with Crippen molar-refractivity contribution in [2.45, 2.75) is 58.0 Å². The minimum atomic E-state index is -0.553. The van der Waals surface area contributed by atoms with E-state index in [9.17, 15) is 4.79 Å². The number of carbonyl (C=O) groups is 1. The molecule has 1 aromatic carbocycles. The molecule has 8 nitrogen and oxygen atoms in total. The Balaban J connectivity index is 1.38. The molecule has 5 rings (SSSR count). The van der Waals surface area contributed by atoms with Crippen LogP contribution >= 0.6 is 0 Å². The number of nitrogens with one attached hydrogen (secondary N) is 1. The first kappa shape index (κ1) is 24.2. The molecule has 1 fully saturated rings. The molecule has 0 saturated carbocycles. The second kappa shape index (κ2) is 9.85. The highest BCUT2D eigenvalue weighted by molar-refractivity contribution is 5.98. The Morgan fingerprint density at radius 1 is 1.14 bits per heavy atom. The number of likely N-dealkylation sites (tertiary alicyclic amines) is 1. The van der Waals surface area contributed by atoms with Gasteiger partial charge in [-0.1, -0.05) is 54.5 Å². The van der Waals surface area contributed by atoms with Crippen molar-refractivity contribution in [1.29, 1.82) is 0 Å². The van der Waals surface area contributed by atoms with E-state index >= 15 is 0 Å². The van der Waals surface area contributed by atoms with Crippen molar-refractivity contribution in [1.82, 2.24) is 30.0 Å². The third kappa shape index (κ3) is 4.78. The molecule has 36 heavy (non-hydrogen) atoms. The molecule has 188 valence electrons. The number of amides is 1. The highest BCUT2D eigenvalue weighted by Gasteiger charge is 2.29. The van der Waals surface area contributed by atoms with Crippen molar-refractivity contribution in [3.8, 4) is 11.3 Å². The number of nitrogens with zero attached hydrogens (tertiary/aromatic N) is 5. The zero-order valence-corrected chi connectivity index (χ0v) is 21.4. The number of aromatic nitrogens is 4. The van der Waals surface area contributed by atoms with Crippen LogP contribution in [0.15, 0.2) is 54.4 Å². The highest BCUT2D eigenvalue weighted by Crippen LogP contribution is 2.33. The number of hydrogen-bond acceptors (Lipinski definition) is 6. The van der Waals surface area contributed by atoms with E-state index in [-0.39, 0.29) is 5.91 Å². The maximum atomic E-state index is 13.2. The van der Waals surface area contributed by atoms with Crippen LogP contribution in [0.25, 0.3) is 22.3 Å². The molecule has 1 aliphatic heterocycles. The molecule has 1 unspecified atom stereocenters. The smallest absolute Gasteiger partial charge is 0.251 e. The van der Waals surface area contributed by atoms with Gasteiger partial charge in [-0.25, -0.2) is 14.6 Å². The van der Waals surface area contributed by atoms with Crippen molar-refractivity contribution in [2.24, 2.45) is 0 Å². The average Bonchev–Trinajstić information content (AvgIpc) is 3.30. The van der Waals surface area contributed by atoms with Crippen molar-refractivity contribution in [3.63, 3.8) is 0 Å². The van der Waals surface area contributed by atoms with Gasteiger partial charge >= 0.3 is 0 Å². The van der Waals surface area contributed by atoms with Crippen molar-refractivity contribution < 1.29 is 4.79 Å². The number of carbonyl (C=O) groups excluding carboxylic acids is 1. The van der Waals surface area contributed by atoms with Crippen molar-refractivity contribution >= 4 is 22.8 Å². The van der Waals surface area contributed by atoms with Crippen molar-refractivity contribution in [3.05, 3.63) is 60.0 Å². The summed E-state index contributed by atoms with van der Waals surface area (Å²) < 4.78 is 1.86. The summed E-state index contributed by atoms with van der Waals surface area (Å²) in [5, 5.41) is 8.80. The lowest BCUT2D eigenvalue weighted by atomic mass is 9.98. The first-order valence-electron chi connectivity index (χ1n) is 12.8. The zero-order chi connectivity index (χ0) is 25.3. The lowest BCUT2D eigenvalue weighted by Crippen LogP contribution is -2.43. The number of hydrogen-bond donors (Lipinski definition) is 2. The minimum absolute atomic E-state index is 0.0645. The lowest BCUT2D eigenvalue weighted by Gasteiger charge is -2.34. The molecule has 1 aliphatic carbocycles. The van der Waals surface area contributed by atoms with Crippen LogP contribution in [0.4, 0.5) is 5.82 Å². The van der Waals surface area contributed by atoms with Gasteiger partial charge in [0.15, 0.2) is 5.65 Å². The van der Waals surface area contributed by atoms with Gasteiger partial charge in [0.1, 0.15) is 17.8 Å². The Morgan fingerprint density at radius 3 is 2.64 bits per heavy atom. The topological polar surface area (TPSA) is 102 Å². The summed E-state index contributed by atoms with van der Waals surface area (Å²) in [6, 6.07) is 8.46. The van der Waals surface area contributed by atoms with E-state index < -0.39 is 5.54 Å². The summed E-state index contributed by atoms with van der Waals surface area (Å²) in [7, 11) is 0. The molecule has 3 aromatic rings. The molecule has 1 atom stereocenters. The van der Waals surface area contributed by atoms with Gasteiger partial charge < -0.3 is 11.1 Å². The molecule has 3 heterocycles. The lowest BCUT2D eigenvalue weighted by molar-refractivity contribution is -0.117. The van der Waals surface area contributed by atoms with E-state index in [1.165, 1.54) is 31.2 Å². The fraction of sp³-hybridized carbons (Fsp3) is 0.429. The third-order valence-corrected chi connectivity index (χ3v) is 7.24. The molecule has 8 heteroatoms. The molecule has 0 bridgehead atoms. The van der Waals surface area contributed by atoms with E-state index in [2.05, 4.69) is 39.3 Å². The van der Waals surface area contributed by atoms with Crippen LogP contribution in [0.5, 0.6) is 0 Å². The van der Waals surface area contributed by atoms with Crippen LogP contribution in [0.1, 0.15) is 45.1 Å². The summed E-state index contributed by atoms with van der Waals surface area (Å²) in [4.78, 5) is 24.4. The standard InChI is InChI=1S/C28H35N7O/c1-19-10-12-20(13-11-19)24-23-25(29)31-18-32-26(23)35(33-24)28(2,3)17-30-27(36)21-8-7-9-22(16-21)34-14-5-4-6-15-34/h7-8,10-13,16,18,22H,4-6,9,14-15,17H2,1-3H3,(H,30,36)(H2,29,31,32). The SMILES string of the molecule is Cc1ccc(-c2nn(C(C)(C)CNC(=O)C3=CC(N4CCCCC4)CC=C3)c3ncnc(N)c23)cc1. The molecule has 1 amide bonds. The Hall–Kier alpha value is -3.52. The van der Waals surface area contributed by atoms with Gasteiger partial charge in [0.25, 0.3) is 5.91 Å². The number of nitrogen functional groups attached to an aromatic ring is 1. The van der Waals surface area contributed by atoms with Gasteiger partial charge in [0.2, 0.25) is 0 Å². The summed E-state index contributed by atoms with van der Waals surface area (Å²) in [6.07, 6.45) is 12.4. The predicted octanol–water partition coefficient (Wildman–Crippen LogP) is 3.98. The van der Waals surface area contributed by atoms with Crippen LogP contribution in [0.3, 0.4) is 0 Å². The molecule has 3 N–H and O–H groups in total. The van der Waals surface area contributed by atoms with Gasteiger partial charge in [-0.2, -0.15) is 5.10 Å². The Morgan fingerprint density at radius 2 is 1.89 bits per heavy atom. The molecule has 2 aromatic heterocycles. The highest BCUT2D eigenvalue weighted by atomic mass is 16.1. The van der Waals surface area contributed by atoms with E-state index in [4.69, 9.17) is 10.8 Å². The Labute approximate surface area is 212 Å². The van der Waals surface area contributed by atoms with Gasteiger partial charge in [-0.05, 0) is 53.1 Å². The number of nitrogens with two attached hydrogens (primary N) is 1. The maximum Gasteiger partial charge on any atom is 0.251 e. The Kier molecular flexibility index (Phi) is 6.62. The second-order valence-corrected chi connectivity index (χ2v) is 10.5. The molecule has 1 saturated heterocycles. The molecular formula is C28H35N7O. The molecule has 0 spiro atoms.